The van der Waals surface area contributed by atoms with E-state index in [1.807, 2.05) is 6.07 Å². The van der Waals surface area contributed by atoms with Gasteiger partial charge in [0.1, 0.15) is 0 Å². The second-order valence-electron chi connectivity index (χ2n) is 4.28. The van der Waals surface area contributed by atoms with Gasteiger partial charge in [-0.05, 0) is 43.0 Å². The summed E-state index contributed by atoms with van der Waals surface area (Å²) in [4.78, 5) is 3.40. The number of aryl methyl sites for hydroxylation is 1. The molecule has 0 saturated carbocycles. The third kappa shape index (κ3) is 1.49. The highest BCUT2D eigenvalue weighted by Gasteiger charge is 2.23. The molecule has 1 aliphatic carbocycles. The Labute approximate surface area is 102 Å². The first kappa shape index (κ1) is 10.3. The molecule has 16 heavy (non-hydrogen) atoms. The number of halogens is 1. The number of fused-ring (bicyclic) bond motifs is 3. The Kier molecular flexibility index (Phi) is 2.50. The number of hydroxylamine groups is 1. The lowest BCUT2D eigenvalue weighted by atomic mass is 9.92. The molecule has 0 bridgehead atoms. The van der Waals surface area contributed by atoms with Crippen molar-refractivity contribution in [2.75, 3.05) is 0 Å². The maximum atomic E-state index is 9.14. The molecule has 0 aliphatic heterocycles. The number of H-pyrrole nitrogens is 1. The Balaban J connectivity index is 2.24. The Morgan fingerprint density at radius 2 is 2.31 bits per heavy atom. The van der Waals surface area contributed by atoms with Gasteiger partial charge in [-0.2, -0.15) is 5.48 Å². The van der Waals surface area contributed by atoms with Crippen molar-refractivity contribution in [1.82, 2.24) is 10.5 Å². The van der Waals surface area contributed by atoms with Crippen LogP contribution in [0.4, 0.5) is 0 Å². The molecule has 0 fully saturated rings. The number of hydrogen-bond acceptors (Lipinski definition) is 2. The minimum atomic E-state index is 0.0509. The maximum absolute atomic E-state index is 9.14. The van der Waals surface area contributed by atoms with E-state index >= 15 is 0 Å². The standard InChI is InChI=1S/C12H13BrN2O/c13-7-4-5-10-9(6-7)8-2-1-3-11(15-16)12(8)14-10/h4-6,11,14-16H,1-3H2/t11-/m1/s1. The summed E-state index contributed by atoms with van der Waals surface area (Å²) in [7, 11) is 0. The van der Waals surface area contributed by atoms with Crippen molar-refractivity contribution >= 4 is 26.8 Å². The molecule has 1 aliphatic rings. The van der Waals surface area contributed by atoms with Crippen LogP contribution >= 0.6 is 15.9 Å². The molecule has 1 aromatic carbocycles. The summed E-state index contributed by atoms with van der Waals surface area (Å²) in [6.07, 6.45) is 3.19. The lowest BCUT2D eigenvalue weighted by Crippen LogP contribution is -2.21. The number of nitrogens with one attached hydrogen (secondary N) is 2. The molecule has 0 radical (unpaired) electrons. The molecule has 0 saturated heterocycles. The molecule has 1 atom stereocenters. The van der Waals surface area contributed by atoms with Gasteiger partial charge < -0.3 is 10.2 Å². The highest BCUT2D eigenvalue weighted by atomic mass is 79.9. The van der Waals surface area contributed by atoms with Crippen molar-refractivity contribution in [2.45, 2.75) is 25.3 Å². The predicted octanol–water partition coefficient (Wildman–Crippen LogP) is 3.29. The van der Waals surface area contributed by atoms with Gasteiger partial charge in [-0.1, -0.05) is 15.9 Å². The van der Waals surface area contributed by atoms with Crippen molar-refractivity contribution in [3.05, 3.63) is 33.9 Å². The van der Waals surface area contributed by atoms with Crippen LogP contribution in [0.5, 0.6) is 0 Å². The summed E-state index contributed by atoms with van der Waals surface area (Å²) in [5, 5.41) is 10.4. The predicted molar refractivity (Wildman–Crippen MR) is 66.6 cm³/mol. The summed E-state index contributed by atoms with van der Waals surface area (Å²) >= 11 is 3.50. The van der Waals surface area contributed by atoms with E-state index in [0.29, 0.717) is 0 Å². The molecule has 84 valence electrons. The molecule has 3 rings (SSSR count). The molecule has 4 heteroatoms. The summed E-state index contributed by atoms with van der Waals surface area (Å²) in [6, 6.07) is 6.30. The van der Waals surface area contributed by atoms with E-state index in [4.69, 9.17) is 5.21 Å². The average molecular weight is 281 g/mol. The van der Waals surface area contributed by atoms with E-state index in [9.17, 15) is 0 Å². The fourth-order valence-corrected chi connectivity index (χ4v) is 2.93. The fraction of sp³-hybridized carbons (Fsp3) is 0.333. The van der Waals surface area contributed by atoms with Crippen LogP contribution in [-0.2, 0) is 6.42 Å². The van der Waals surface area contributed by atoms with Crippen molar-refractivity contribution < 1.29 is 5.21 Å². The smallest absolute Gasteiger partial charge is 0.0722 e. The summed E-state index contributed by atoms with van der Waals surface area (Å²) in [6.45, 7) is 0. The summed E-state index contributed by atoms with van der Waals surface area (Å²) in [5.74, 6) is 0. The normalized spacial score (nSPS) is 20.0. The van der Waals surface area contributed by atoms with Gasteiger partial charge in [0.05, 0.1) is 6.04 Å². The van der Waals surface area contributed by atoms with Gasteiger partial charge in [-0.3, -0.25) is 0 Å². The molecule has 0 amide bonds. The Morgan fingerprint density at radius 3 is 3.12 bits per heavy atom. The molecule has 1 aromatic heterocycles. The Bertz CT molecular complexity index is 535. The quantitative estimate of drug-likeness (QED) is 0.702. The van der Waals surface area contributed by atoms with Gasteiger partial charge in [0.15, 0.2) is 0 Å². The van der Waals surface area contributed by atoms with E-state index in [0.717, 1.165) is 34.9 Å². The van der Waals surface area contributed by atoms with Gasteiger partial charge in [0.2, 0.25) is 0 Å². The molecule has 3 N–H and O–H groups in total. The Hall–Kier alpha value is -0.840. The SMILES string of the molecule is ON[C@@H]1CCCc2c1[nH]c1ccc(Br)cc21. The first-order chi connectivity index (χ1) is 7.79. The van der Waals surface area contributed by atoms with Crippen molar-refractivity contribution in [2.24, 2.45) is 0 Å². The van der Waals surface area contributed by atoms with Gasteiger partial charge in [-0.15, -0.1) is 0 Å². The Morgan fingerprint density at radius 1 is 1.44 bits per heavy atom. The zero-order valence-corrected chi connectivity index (χ0v) is 10.3. The van der Waals surface area contributed by atoms with E-state index in [2.05, 4.69) is 38.5 Å². The van der Waals surface area contributed by atoms with Gasteiger partial charge >= 0.3 is 0 Å². The monoisotopic (exact) mass is 280 g/mol. The molecule has 0 spiro atoms. The van der Waals surface area contributed by atoms with Gasteiger partial charge in [0, 0.05) is 21.1 Å². The van der Waals surface area contributed by atoms with E-state index < -0.39 is 0 Å². The molecular formula is C12H13BrN2O. The number of aromatic nitrogens is 1. The maximum Gasteiger partial charge on any atom is 0.0722 e. The largest absolute Gasteiger partial charge is 0.357 e. The lowest BCUT2D eigenvalue weighted by Gasteiger charge is -2.20. The van der Waals surface area contributed by atoms with E-state index in [1.165, 1.54) is 10.9 Å². The van der Waals surface area contributed by atoms with Crippen molar-refractivity contribution in [3.63, 3.8) is 0 Å². The van der Waals surface area contributed by atoms with E-state index in [-0.39, 0.29) is 6.04 Å². The topological polar surface area (TPSA) is 48.0 Å². The zero-order chi connectivity index (χ0) is 11.1. The second-order valence-corrected chi connectivity index (χ2v) is 5.20. The highest BCUT2D eigenvalue weighted by molar-refractivity contribution is 9.10. The fourth-order valence-electron chi connectivity index (χ4n) is 2.56. The average Bonchev–Trinajstić information content (AvgIpc) is 2.67. The molecule has 3 nitrogen and oxygen atoms in total. The van der Waals surface area contributed by atoms with Crippen LogP contribution in [0, 0.1) is 0 Å². The summed E-state index contributed by atoms with van der Waals surface area (Å²) in [5.41, 5.74) is 6.02. The lowest BCUT2D eigenvalue weighted by molar-refractivity contribution is 0.116. The number of benzene rings is 1. The third-order valence-electron chi connectivity index (χ3n) is 3.33. The molecule has 0 unspecified atom stereocenters. The summed E-state index contributed by atoms with van der Waals surface area (Å²) < 4.78 is 1.10. The number of hydrogen-bond donors (Lipinski definition) is 3. The van der Waals surface area contributed by atoms with Crippen LogP contribution in [-0.4, -0.2) is 10.2 Å². The van der Waals surface area contributed by atoms with Gasteiger partial charge in [0.25, 0.3) is 0 Å². The zero-order valence-electron chi connectivity index (χ0n) is 8.76. The van der Waals surface area contributed by atoms with E-state index in [1.54, 1.807) is 0 Å². The first-order valence-corrected chi connectivity index (χ1v) is 6.28. The van der Waals surface area contributed by atoms with Crippen molar-refractivity contribution in [1.29, 1.82) is 0 Å². The molecule has 1 heterocycles. The van der Waals surface area contributed by atoms with Crippen LogP contribution in [0.25, 0.3) is 10.9 Å². The van der Waals surface area contributed by atoms with Crippen molar-refractivity contribution in [3.8, 4) is 0 Å². The highest BCUT2D eigenvalue weighted by Crippen LogP contribution is 2.35. The molecular weight excluding hydrogens is 268 g/mol. The van der Waals surface area contributed by atoms with Crippen LogP contribution in [0.15, 0.2) is 22.7 Å². The van der Waals surface area contributed by atoms with Crippen LogP contribution < -0.4 is 5.48 Å². The second kappa shape index (κ2) is 3.87. The van der Waals surface area contributed by atoms with Gasteiger partial charge in [-0.25, -0.2) is 0 Å². The minimum absolute atomic E-state index is 0.0509. The first-order valence-electron chi connectivity index (χ1n) is 5.49. The number of aromatic amines is 1. The third-order valence-corrected chi connectivity index (χ3v) is 3.82. The van der Waals surface area contributed by atoms with Crippen LogP contribution in [0.2, 0.25) is 0 Å². The van der Waals surface area contributed by atoms with Crippen LogP contribution in [0.3, 0.4) is 0 Å². The molecule has 2 aromatic rings. The van der Waals surface area contributed by atoms with Crippen LogP contribution in [0.1, 0.15) is 30.1 Å². The minimum Gasteiger partial charge on any atom is -0.357 e. The number of rotatable bonds is 1.